The van der Waals surface area contributed by atoms with Gasteiger partial charge in [-0.25, -0.2) is 4.79 Å². The highest BCUT2D eigenvalue weighted by Crippen LogP contribution is 2.16. The summed E-state index contributed by atoms with van der Waals surface area (Å²) >= 11 is 0. The van der Waals surface area contributed by atoms with E-state index in [-0.39, 0.29) is 30.0 Å². The standard InChI is InChI=1S/C30H29NO8/c1-19(28(34)22-11-15-25(37-3)16-12-22)38-27(33)18-17-26(32)31-24-13-9-23(10-14-24)30(36)39-20(2)29(35)21-7-5-4-6-8-21/h4-16,19-20H,17-18H2,1-3H3,(H,31,32). The Morgan fingerprint density at radius 2 is 1.21 bits per heavy atom. The van der Waals surface area contributed by atoms with E-state index in [1.54, 1.807) is 54.6 Å². The number of nitrogens with one attached hydrogen (secondary N) is 1. The topological polar surface area (TPSA) is 125 Å². The molecular weight excluding hydrogens is 502 g/mol. The molecule has 0 fully saturated rings. The molecule has 2 atom stereocenters. The van der Waals surface area contributed by atoms with Gasteiger partial charge in [0, 0.05) is 23.2 Å². The molecule has 9 nitrogen and oxygen atoms in total. The van der Waals surface area contributed by atoms with Crippen LogP contribution in [0.25, 0.3) is 0 Å². The fraction of sp³-hybridized carbons (Fsp3) is 0.233. The molecule has 1 amide bonds. The van der Waals surface area contributed by atoms with Crippen molar-refractivity contribution in [1.82, 2.24) is 0 Å². The Labute approximate surface area is 226 Å². The van der Waals surface area contributed by atoms with E-state index in [1.165, 1.54) is 45.2 Å². The van der Waals surface area contributed by atoms with Crippen molar-refractivity contribution in [2.24, 2.45) is 0 Å². The van der Waals surface area contributed by atoms with Gasteiger partial charge in [0.1, 0.15) is 5.75 Å². The lowest BCUT2D eigenvalue weighted by molar-refractivity contribution is -0.147. The van der Waals surface area contributed by atoms with Gasteiger partial charge in [-0.1, -0.05) is 30.3 Å². The molecule has 0 heterocycles. The molecule has 0 aliphatic carbocycles. The number of carbonyl (C=O) groups is 5. The first-order valence-electron chi connectivity index (χ1n) is 12.3. The Kier molecular flexibility index (Phi) is 10.1. The molecule has 3 rings (SSSR count). The predicted molar refractivity (Wildman–Crippen MR) is 143 cm³/mol. The number of carbonyl (C=O) groups excluding carboxylic acids is 5. The average molecular weight is 532 g/mol. The molecule has 0 aromatic heterocycles. The van der Waals surface area contributed by atoms with Crippen molar-refractivity contribution < 1.29 is 38.2 Å². The molecule has 0 aliphatic heterocycles. The van der Waals surface area contributed by atoms with Crippen LogP contribution in [0.4, 0.5) is 5.69 Å². The minimum absolute atomic E-state index is 0.162. The molecule has 0 bridgehead atoms. The van der Waals surface area contributed by atoms with Crippen LogP contribution in [0.3, 0.4) is 0 Å². The van der Waals surface area contributed by atoms with Crippen molar-refractivity contribution in [2.75, 3.05) is 12.4 Å². The summed E-state index contributed by atoms with van der Waals surface area (Å²) < 4.78 is 15.5. The summed E-state index contributed by atoms with van der Waals surface area (Å²) in [5.41, 5.74) is 1.43. The molecule has 0 saturated carbocycles. The fourth-order valence-electron chi connectivity index (χ4n) is 3.55. The maximum Gasteiger partial charge on any atom is 0.338 e. The third kappa shape index (κ3) is 8.36. The van der Waals surface area contributed by atoms with Crippen LogP contribution >= 0.6 is 0 Å². The van der Waals surface area contributed by atoms with Gasteiger partial charge in [-0.2, -0.15) is 0 Å². The average Bonchev–Trinajstić information content (AvgIpc) is 2.96. The highest BCUT2D eigenvalue weighted by atomic mass is 16.5. The molecule has 3 aromatic carbocycles. The van der Waals surface area contributed by atoms with Gasteiger partial charge >= 0.3 is 11.9 Å². The first kappa shape index (κ1) is 28.8. The highest BCUT2D eigenvalue weighted by molar-refractivity contribution is 6.02. The molecule has 0 aliphatic rings. The number of benzene rings is 3. The molecule has 0 radical (unpaired) electrons. The number of hydrogen-bond donors (Lipinski definition) is 1. The summed E-state index contributed by atoms with van der Waals surface area (Å²) in [7, 11) is 1.52. The largest absolute Gasteiger partial charge is 0.497 e. The van der Waals surface area contributed by atoms with Crippen molar-refractivity contribution in [1.29, 1.82) is 0 Å². The SMILES string of the molecule is COc1ccc(C(=O)C(C)OC(=O)CCC(=O)Nc2ccc(C(=O)OC(C)C(=O)c3ccccc3)cc2)cc1. The lowest BCUT2D eigenvalue weighted by Crippen LogP contribution is -2.25. The number of rotatable bonds is 12. The van der Waals surface area contributed by atoms with Gasteiger partial charge in [-0.05, 0) is 62.4 Å². The quantitative estimate of drug-likeness (QED) is 0.264. The highest BCUT2D eigenvalue weighted by Gasteiger charge is 2.21. The number of Topliss-reactive ketones (excluding diaryl/α,β-unsaturated/α-hetero) is 2. The zero-order valence-electron chi connectivity index (χ0n) is 21.8. The first-order valence-corrected chi connectivity index (χ1v) is 12.3. The lowest BCUT2D eigenvalue weighted by Gasteiger charge is -2.13. The van der Waals surface area contributed by atoms with Gasteiger partial charge in [0.05, 0.1) is 19.1 Å². The van der Waals surface area contributed by atoms with Crippen molar-refractivity contribution in [3.05, 3.63) is 95.6 Å². The van der Waals surface area contributed by atoms with E-state index in [9.17, 15) is 24.0 Å². The van der Waals surface area contributed by atoms with E-state index in [2.05, 4.69) is 5.32 Å². The number of ketones is 2. The van der Waals surface area contributed by atoms with Crippen molar-refractivity contribution >= 4 is 35.1 Å². The Balaban J connectivity index is 1.43. The number of ether oxygens (including phenoxy) is 3. The van der Waals surface area contributed by atoms with Gasteiger partial charge in [0.15, 0.2) is 12.2 Å². The summed E-state index contributed by atoms with van der Waals surface area (Å²) in [5.74, 6) is -1.89. The summed E-state index contributed by atoms with van der Waals surface area (Å²) in [6.07, 6.45) is -2.35. The van der Waals surface area contributed by atoms with E-state index in [4.69, 9.17) is 14.2 Å². The van der Waals surface area contributed by atoms with E-state index >= 15 is 0 Å². The molecule has 2 unspecified atom stereocenters. The van der Waals surface area contributed by atoms with Crippen LogP contribution in [0.5, 0.6) is 5.75 Å². The number of amides is 1. The van der Waals surface area contributed by atoms with Crippen LogP contribution < -0.4 is 10.1 Å². The lowest BCUT2D eigenvalue weighted by atomic mass is 10.1. The number of anilines is 1. The van der Waals surface area contributed by atoms with Gasteiger partial charge in [0.25, 0.3) is 0 Å². The summed E-state index contributed by atoms with van der Waals surface area (Å²) in [6, 6.07) is 20.9. The zero-order chi connectivity index (χ0) is 28.4. The molecule has 1 N–H and O–H groups in total. The summed E-state index contributed by atoms with van der Waals surface area (Å²) in [6.45, 7) is 2.97. The van der Waals surface area contributed by atoms with E-state index in [1.807, 2.05) is 0 Å². The predicted octanol–water partition coefficient (Wildman–Crippen LogP) is 4.66. The van der Waals surface area contributed by atoms with E-state index < -0.39 is 30.1 Å². The maximum absolute atomic E-state index is 12.4. The van der Waals surface area contributed by atoms with Gasteiger partial charge in [-0.15, -0.1) is 0 Å². The maximum atomic E-state index is 12.4. The minimum atomic E-state index is -1.01. The molecule has 202 valence electrons. The van der Waals surface area contributed by atoms with Crippen LogP contribution in [0.15, 0.2) is 78.9 Å². The number of esters is 2. The van der Waals surface area contributed by atoms with Gasteiger partial charge in [0.2, 0.25) is 17.5 Å². The first-order chi connectivity index (χ1) is 18.7. The third-order valence-corrected chi connectivity index (χ3v) is 5.72. The Morgan fingerprint density at radius 1 is 0.667 bits per heavy atom. The van der Waals surface area contributed by atoms with Gasteiger partial charge in [-0.3, -0.25) is 19.2 Å². The second-order valence-electron chi connectivity index (χ2n) is 8.63. The van der Waals surface area contributed by atoms with Crippen molar-refractivity contribution in [2.45, 2.75) is 38.9 Å². The second-order valence-corrected chi connectivity index (χ2v) is 8.63. The van der Waals surface area contributed by atoms with Crippen LogP contribution in [0.1, 0.15) is 57.8 Å². The Bertz CT molecular complexity index is 1320. The minimum Gasteiger partial charge on any atom is -0.497 e. The molecule has 3 aromatic rings. The molecule has 0 spiro atoms. The normalized spacial score (nSPS) is 12.0. The fourth-order valence-corrected chi connectivity index (χ4v) is 3.55. The summed E-state index contributed by atoms with van der Waals surface area (Å²) in [4.78, 5) is 61.7. The molecular formula is C30H29NO8. The molecule has 9 heteroatoms. The Morgan fingerprint density at radius 3 is 1.79 bits per heavy atom. The van der Waals surface area contributed by atoms with Crippen LogP contribution in [0.2, 0.25) is 0 Å². The molecule has 0 saturated heterocycles. The van der Waals surface area contributed by atoms with E-state index in [0.29, 0.717) is 22.6 Å². The Hall–Kier alpha value is -4.79. The number of hydrogen-bond acceptors (Lipinski definition) is 8. The summed E-state index contributed by atoms with van der Waals surface area (Å²) in [5, 5.41) is 2.62. The second kappa shape index (κ2) is 13.7. The van der Waals surface area contributed by atoms with Crippen LogP contribution in [-0.4, -0.2) is 48.7 Å². The van der Waals surface area contributed by atoms with E-state index in [0.717, 1.165) is 0 Å². The van der Waals surface area contributed by atoms with Crippen LogP contribution in [-0.2, 0) is 19.1 Å². The number of methoxy groups -OCH3 is 1. The van der Waals surface area contributed by atoms with Crippen molar-refractivity contribution in [3.8, 4) is 5.75 Å². The van der Waals surface area contributed by atoms with Crippen molar-refractivity contribution in [3.63, 3.8) is 0 Å². The van der Waals surface area contributed by atoms with Crippen LogP contribution in [0, 0.1) is 0 Å². The molecule has 39 heavy (non-hydrogen) atoms. The van der Waals surface area contributed by atoms with Gasteiger partial charge < -0.3 is 19.5 Å². The zero-order valence-corrected chi connectivity index (χ0v) is 21.8. The monoisotopic (exact) mass is 531 g/mol. The third-order valence-electron chi connectivity index (χ3n) is 5.72. The smallest absolute Gasteiger partial charge is 0.338 e.